The van der Waals surface area contributed by atoms with Gasteiger partial charge in [-0.15, -0.1) is 0 Å². The summed E-state index contributed by atoms with van der Waals surface area (Å²) in [4.78, 5) is 35.7. The Morgan fingerprint density at radius 3 is 2.50 bits per heavy atom. The number of imide groups is 1. The number of hydrogen-bond donors (Lipinski definition) is 1. The number of benzene rings is 1. The van der Waals surface area contributed by atoms with Gasteiger partial charge in [-0.2, -0.15) is 0 Å². The molecule has 0 spiro atoms. The van der Waals surface area contributed by atoms with E-state index in [1.807, 2.05) is 0 Å². The zero-order valence-corrected chi connectivity index (χ0v) is 10.1. The number of rotatable bonds is 2. The summed E-state index contributed by atoms with van der Waals surface area (Å²) < 4.78 is 0. The first-order valence-corrected chi connectivity index (χ1v) is 5.81. The van der Waals surface area contributed by atoms with Gasteiger partial charge in [0.15, 0.2) is 0 Å². The van der Waals surface area contributed by atoms with Crippen LogP contribution < -0.4 is 10.2 Å². The molecule has 2 rings (SSSR count). The lowest BCUT2D eigenvalue weighted by Gasteiger charge is -2.25. The highest BCUT2D eigenvalue weighted by atomic mass is 16.2. The molecule has 5 nitrogen and oxygen atoms in total. The van der Waals surface area contributed by atoms with Crippen molar-refractivity contribution in [2.24, 2.45) is 0 Å². The van der Waals surface area contributed by atoms with E-state index in [9.17, 15) is 14.4 Å². The van der Waals surface area contributed by atoms with Gasteiger partial charge < -0.3 is 5.32 Å². The Kier molecular flexibility index (Phi) is 3.41. The molecule has 1 aromatic rings. The highest BCUT2D eigenvalue weighted by Gasteiger charge is 2.27. The van der Waals surface area contributed by atoms with Crippen LogP contribution in [0.15, 0.2) is 24.3 Å². The van der Waals surface area contributed by atoms with Gasteiger partial charge in [0.2, 0.25) is 17.7 Å². The van der Waals surface area contributed by atoms with Gasteiger partial charge in [0.25, 0.3) is 0 Å². The third-order valence-electron chi connectivity index (χ3n) is 2.70. The molecular formula is C13H14N2O3. The number of anilines is 2. The molecule has 1 aromatic carbocycles. The normalized spacial score (nSPS) is 15.7. The van der Waals surface area contributed by atoms with Gasteiger partial charge in [-0.05, 0) is 24.6 Å². The van der Waals surface area contributed by atoms with Crippen LogP contribution in [0.2, 0.25) is 0 Å². The molecule has 1 heterocycles. The number of amides is 3. The van der Waals surface area contributed by atoms with Crippen LogP contribution in [-0.4, -0.2) is 17.7 Å². The fourth-order valence-electron chi connectivity index (χ4n) is 1.97. The van der Waals surface area contributed by atoms with E-state index in [1.165, 1.54) is 11.8 Å². The second-order valence-electron chi connectivity index (χ2n) is 4.21. The first-order valence-electron chi connectivity index (χ1n) is 5.81. The minimum absolute atomic E-state index is 0.189. The highest BCUT2D eigenvalue weighted by Crippen LogP contribution is 2.24. The van der Waals surface area contributed by atoms with Crippen LogP contribution >= 0.6 is 0 Å². The highest BCUT2D eigenvalue weighted by molar-refractivity contribution is 6.16. The van der Waals surface area contributed by atoms with E-state index in [2.05, 4.69) is 5.32 Å². The van der Waals surface area contributed by atoms with Crippen molar-refractivity contribution in [3.8, 4) is 0 Å². The minimum atomic E-state index is -0.191. The largest absolute Gasteiger partial charge is 0.326 e. The van der Waals surface area contributed by atoms with Crippen molar-refractivity contribution < 1.29 is 14.4 Å². The number of piperidine rings is 1. The molecule has 18 heavy (non-hydrogen) atoms. The maximum atomic E-state index is 11.8. The molecule has 0 aliphatic carbocycles. The van der Waals surface area contributed by atoms with Crippen molar-refractivity contribution in [1.82, 2.24) is 0 Å². The van der Waals surface area contributed by atoms with Crippen molar-refractivity contribution in [2.45, 2.75) is 26.2 Å². The molecule has 0 bridgehead atoms. The predicted octanol–water partition coefficient (Wildman–Crippen LogP) is 1.69. The van der Waals surface area contributed by atoms with Gasteiger partial charge in [-0.25, -0.2) is 0 Å². The molecule has 0 radical (unpaired) electrons. The molecule has 0 saturated carbocycles. The lowest BCUT2D eigenvalue weighted by atomic mass is 10.1. The fourth-order valence-corrected chi connectivity index (χ4v) is 1.97. The zero-order valence-electron chi connectivity index (χ0n) is 10.1. The summed E-state index contributed by atoms with van der Waals surface area (Å²) in [5.41, 5.74) is 1.09. The summed E-state index contributed by atoms with van der Waals surface area (Å²) in [6.45, 7) is 1.41. The summed E-state index contributed by atoms with van der Waals surface area (Å²) in [6.07, 6.45) is 1.38. The Bertz CT molecular complexity index is 495. The van der Waals surface area contributed by atoms with Crippen LogP contribution in [0.1, 0.15) is 26.2 Å². The molecule has 3 amide bonds. The molecule has 94 valence electrons. The standard InChI is InChI=1S/C13H14N2O3/c1-9(16)14-10-4-2-5-11(8-10)15-12(17)6-3-7-13(15)18/h2,4-5,8H,3,6-7H2,1H3,(H,14,16). The topological polar surface area (TPSA) is 66.5 Å². The van der Waals surface area contributed by atoms with Gasteiger partial charge in [0, 0.05) is 25.5 Å². The Balaban J connectivity index is 2.29. The van der Waals surface area contributed by atoms with Crippen LogP contribution in [0.5, 0.6) is 0 Å². The number of nitrogens with zero attached hydrogens (tertiary/aromatic N) is 1. The SMILES string of the molecule is CC(=O)Nc1cccc(N2C(=O)CCCC2=O)c1. The molecule has 0 unspecified atom stereocenters. The molecule has 1 saturated heterocycles. The molecule has 0 aromatic heterocycles. The summed E-state index contributed by atoms with van der Waals surface area (Å²) in [5, 5.41) is 2.63. The van der Waals surface area contributed by atoms with E-state index >= 15 is 0 Å². The Morgan fingerprint density at radius 1 is 1.22 bits per heavy atom. The van der Waals surface area contributed by atoms with Crippen molar-refractivity contribution in [3.63, 3.8) is 0 Å². The van der Waals surface area contributed by atoms with Crippen molar-refractivity contribution in [1.29, 1.82) is 0 Å². The van der Waals surface area contributed by atoms with Crippen LogP contribution in [-0.2, 0) is 14.4 Å². The fraction of sp³-hybridized carbons (Fsp3) is 0.308. The second-order valence-corrected chi connectivity index (χ2v) is 4.21. The Hall–Kier alpha value is -2.17. The summed E-state index contributed by atoms with van der Waals surface area (Å²) in [6, 6.07) is 6.73. The van der Waals surface area contributed by atoms with Crippen molar-refractivity contribution >= 4 is 29.1 Å². The average Bonchev–Trinajstić information content (AvgIpc) is 2.28. The first-order chi connectivity index (χ1) is 8.58. The smallest absolute Gasteiger partial charge is 0.233 e. The molecule has 1 N–H and O–H groups in total. The van der Waals surface area contributed by atoms with Crippen LogP contribution in [0.3, 0.4) is 0 Å². The van der Waals surface area contributed by atoms with Crippen LogP contribution in [0.25, 0.3) is 0 Å². The van der Waals surface area contributed by atoms with E-state index < -0.39 is 0 Å². The van der Waals surface area contributed by atoms with Crippen LogP contribution in [0, 0.1) is 0 Å². The third kappa shape index (κ3) is 2.56. The van der Waals surface area contributed by atoms with Gasteiger partial charge in [-0.3, -0.25) is 19.3 Å². The molecule has 1 aliphatic heterocycles. The first kappa shape index (κ1) is 12.3. The van der Waals surface area contributed by atoms with Gasteiger partial charge in [-0.1, -0.05) is 6.07 Å². The molecule has 0 atom stereocenters. The molecule has 1 aliphatic rings. The number of hydrogen-bond acceptors (Lipinski definition) is 3. The average molecular weight is 246 g/mol. The Morgan fingerprint density at radius 2 is 1.89 bits per heavy atom. The van der Waals surface area contributed by atoms with Crippen molar-refractivity contribution in [3.05, 3.63) is 24.3 Å². The number of carbonyl (C=O) groups excluding carboxylic acids is 3. The lowest BCUT2D eigenvalue weighted by Crippen LogP contribution is -2.40. The number of carbonyl (C=O) groups is 3. The summed E-state index contributed by atoms with van der Waals surface area (Å²) >= 11 is 0. The van der Waals surface area contributed by atoms with E-state index in [0.717, 1.165) is 0 Å². The second kappa shape index (κ2) is 5.00. The number of nitrogens with one attached hydrogen (secondary N) is 1. The van der Waals surface area contributed by atoms with E-state index in [1.54, 1.807) is 24.3 Å². The van der Waals surface area contributed by atoms with E-state index in [-0.39, 0.29) is 17.7 Å². The minimum Gasteiger partial charge on any atom is -0.326 e. The van der Waals surface area contributed by atoms with Gasteiger partial charge >= 0.3 is 0 Å². The van der Waals surface area contributed by atoms with E-state index in [4.69, 9.17) is 0 Å². The lowest BCUT2D eigenvalue weighted by molar-refractivity contribution is -0.129. The molecule has 1 fully saturated rings. The van der Waals surface area contributed by atoms with E-state index in [0.29, 0.717) is 30.6 Å². The monoisotopic (exact) mass is 246 g/mol. The Labute approximate surface area is 105 Å². The van der Waals surface area contributed by atoms with Gasteiger partial charge in [0.1, 0.15) is 0 Å². The summed E-state index contributed by atoms with van der Waals surface area (Å²) in [5.74, 6) is -0.569. The zero-order chi connectivity index (χ0) is 13.1. The molecular weight excluding hydrogens is 232 g/mol. The maximum Gasteiger partial charge on any atom is 0.233 e. The maximum absolute atomic E-state index is 11.8. The van der Waals surface area contributed by atoms with Gasteiger partial charge in [0.05, 0.1) is 5.69 Å². The summed E-state index contributed by atoms with van der Waals surface area (Å²) in [7, 11) is 0. The molecule has 5 heteroatoms. The van der Waals surface area contributed by atoms with Crippen molar-refractivity contribution in [2.75, 3.05) is 10.2 Å². The van der Waals surface area contributed by atoms with Crippen LogP contribution in [0.4, 0.5) is 11.4 Å². The quantitative estimate of drug-likeness (QED) is 0.807. The predicted molar refractivity (Wildman–Crippen MR) is 67.1 cm³/mol. The third-order valence-corrected chi connectivity index (χ3v) is 2.70.